The van der Waals surface area contributed by atoms with Crippen LogP contribution in [-0.4, -0.2) is 151 Å². The normalized spacial score (nSPS) is 17.2. The Bertz CT molecular complexity index is 5940. The molecule has 32 heteroatoms. The third-order valence-electron chi connectivity index (χ3n) is 23.8. The average molecular weight is 1620 g/mol. The molecule has 14 aromatic rings. The molecule has 20 rings (SSSR count). The predicted octanol–water partition coefficient (Wildman–Crippen LogP) is 16.8. The molecule has 13 heterocycles. The van der Waals surface area contributed by atoms with Crippen LogP contribution in [0.1, 0.15) is 128 Å². The molecule has 1 saturated carbocycles. The summed E-state index contributed by atoms with van der Waals surface area (Å²) in [5.74, 6) is 2.66. The van der Waals surface area contributed by atoms with Gasteiger partial charge in [0, 0.05) is 155 Å². The monoisotopic (exact) mass is 1620 g/mol. The Hall–Kier alpha value is -9.58. The molecular weight excluding hydrogens is 1530 g/mol. The fourth-order valence-corrected chi connectivity index (χ4v) is 19.2. The molecule has 0 bridgehead atoms. The summed E-state index contributed by atoms with van der Waals surface area (Å²) in [6.45, 7) is 12.0. The van der Waals surface area contributed by atoms with Crippen molar-refractivity contribution in [2.75, 3.05) is 78.2 Å². The third-order valence-corrected chi connectivity index (χ3v) is 26.0. The molecule has 6 N–H and O–H groups in total. The van der Waals surface area contributed by atoms with Crippen LogP contribution in [0.4, 0.5) is 35.9 Å². The van der Waals surface area contributed by atoms with E-state index in [0.717, 1.165) is 190 Å². The number of aromatic amines is 6. The SMILES string of the molecule is CS(=O)(=O)N1CCC2(CCN(c3cc(Cl)cc4[nH]ncc34)CC2)CC1.Cc1nc2c(n1C)CN(c1cc(C(F)(F)F)cc3[nH]ncc13)CC2.Cc1nc2c(n1C)CN(c1cc(Cl)cc3[nH]ncc13)CC2.Clc1cc(C2CCCCC2)c2cn[nH]c2c1.O=c1[nH]c2ccccc2n1C1CCN(c2cc(Cl)cc3[nH]ncc23)CC1. The Morgan fingerprint density at radius 3 is 1.39 bits per heavy atom. The molecule has 112 heavy (non-hydrogen) atoms. The predicted molar refractivity (Wildman–Crippen MR) is 439 cm³/mol. The van der Waals surface area contributed by atoms with Crippen LogP contribution in [-0.2, 0) is 56.2 Å². The minimum Gasteiger partial charge on any atom is -0.371 e. The van der Waals surface area contributed by atoms with Crippen LogP contribution >= 0.6 is 46.4 Å². The number of aryl methyl sites for hydroxylation is 2. The maximum Gasteiger partial charge on any atom is 0.416 e. The zero-order chi connectivity index (χ0) is 77.9. The number of piperidine rings is 3. The number of anilines is 4. The number of rotatable bonds is 7. The number of aromatic nitrogens is 16. The van der Waals surface area contributed by atoms with Crippen molar-refractivity contribution < 1.29 is 21.6 Å². The number of sulfonamides is 1. The minimum absolute atomic E-state index is 0.0235. The van der Waals surface area contributed by atoms with Crippen molar-refractivity contribution in [2.45, 2.75) is 129 Å². The van der Waals surface area contributed by atoms with Crippen molar-refractivity contribution in [3.63, 3.8) is 0 Å². The van der Waals surface area contributed by atoms with Crippen molar-refractivity contribution in [3.8, 4) is 0 Å². The highest BCUT2D eigenvalue weighted by molar-refractivity contribution is 7.88. The Balaban J connectivity index is 0.000000107. The van der Waals surface area contributed by atoms with Crippen molar-refractivity contribution in [2.24, 2.45) is 19.5 Å². The molecule has 1 aliphatic carbocycles. The van der Waals surface area contributed by atoms with E-state index < -0.39 is 21.8 Å². The molecule has 6 aliphatic rings. The van der Waals surface area contributed by atoms with Gasteiger partial charge in [0.15, 0.2) is 0 Å². The van der Waals surface area contributed by atoms with E-state index in [0.29, 0.717) is 65.2 Å². The van der Waals surface area contributed by atoms with Gasteiger partial charge in [-0.1, -0.05) is 77.8 Å². The van der Waals surface area contributed by atoms with Gasteiger partial charge < -0.3 is 33.7 Å². The highest BCUT2D eigenvalue weighted by Gasteiger charge is 2.40. The highest BCUT2D eigenvalue weighted by Crippen LogP contribution is 2.46. The van der Waals surface area contributed by atoms with Gasteiger partial charge in [-0.2, -0.15) is 38.7 Å². The summed E-state index contributed by atoms with van der Waals surface area (Å²) in [6.07, 6.45) is 20.3. The molecule has 0 atom stereocenters. The first-order valence-electron chi connectivity index (χ1n) is 38.1. The molecular formula is C80H88Cl4F3N21O3S. The van der Waals surface area contributed by atoms with Crippen LogP contribution in [0.5, 0.6) is 0 Å². The zero-order valence-corrected chi connectivity index (χ0v) is 66.7. The number of alkyl halides is 3. The van der Waals surface area contributed by atoms with E-state index >= 15 is 0 Å². The number of nitrogens with zero attached hydrogens (tertiary/aromatic N) is 15. The molecule has 6 aromatic carbocycles. The number of nitrogens with one attached hydrogen (secondary N) is 6. The Morgan fingerprint density at radius 2 is 0.911 bits per heavy atom. The van der Waals surface area contributed by atoms with Crippen molar-refractivity contribution >= 4 is 145 Å². The van der Waals surface area contributed by atoms with Crippen LogP contribution < -0.4 is 25.3 Å². The van der Waals surface area contributed by atoms with Gasteiger partial charge >= 0.3 is 11.9 Å². The first-order valence-corrected chi connectivity index (χ1v) is 41.5. The lowest BCUT2D eigenvalue weighted by atomic mass is 9.71. The molecule has 0 radical (unpaired) electrons. The molecule has 0 unspecified atom stereocenters. The first kappa shape index (κ1) is 76.4. The lowest BCUT2D eigenvalue weighted by Crippen LogP contribution is -2.48. The summed E-state index contributed by atoms with van der Waals surface area (Å²) >= 11 is 24.9. The summed E-state index contributed by atoms with van der Waals surface area (Å²) in [4.78, 5) is 33.6. The molecule has 24 nitrogen and oxygen atoms in total. The van der Waals surface area contributed by atoms with Gasteiger partial charge in [0.2, 0.25) is 10.0 Å². The average Bonchev–Trinajstić information content (AvgIpc) is 1.53. The van der Waals surface area contributed by atoms with Crippen molar-refractivity contribution in [3.05, 3.63) is 192 Å². The molecule has 586 valence electrons. The van der Waals surface area contributed by atoms with E-state index in [1.807, 2.05) is 120 Å². The van der Waals surface area contributed by atoms with E-state index in [2.05, 4.69) is 105 Å². The fraction of sp³-hybridized carbons (Fsp3) is 0.400. The lowest BCUT2D eigenvalue weighted by molar-refractivity contribution is -0.137. The van der Waals surface area contributed by atoms with E-state index in [-0.39, 0.29) is 17.1 Å². The quantitative estimate of drug-likeness (QED) is 0.0867. The van der Waals surface area contributed by atoms with Gasteiger partial charge in [0.05, 0.1) is 117 Å². The maximum absolute atomic E-state index is 13.2. The number of para-hydroxylation sites is 2. The summed E-state index contributed by atoms with van der Waals surface area (Å²) in [5.41, 5.74) is 15.7. The number of benzene rings is 6. The number of hydrogen-bond donors (Lipinski definition) is 6. The zero-order valence-electron chi connectivity index (χ0n) is 62.9. The molecule has 1 spiro atoms. The number of halogens is 7. The third kappa shape index (κ3) is 15.7. The van der Waals surface area contributed by atoms with E-state index in [1.165, 1.54) is 66.8 Å². The van der Waals surface area contributed by atoms with Crippen molar-refractivity contribution in [1.29, 1.82) is 0 Å². The first-order chi connectivity index (χ1) is 53.9. The standard InChI is InChI=1S/C19H18ClN5O.C17H23ClN4O2S.C16H16F3N5.C15H16ClN5.C13H15ClN2/c20-12-9-16-14(11-21-23-16)18(10-12)24-7-5-13(6-8-24)25-17-4-2-1-3-15(17)22-19(25)26;1-25(23,24)22-8-4-17(5-9-22)2-6-21(7-3-17)16-11-13(18)10-15-14(16)12-19-20-15;1-9-21-12-3-4-24(8-15(12)23(9)2)14-6-10(16(17,18)19)5-13-11(14)7-20-22-13;1-9-18-12-3-4-21(8-15(12)20(9)2)14-6-10(16)5-13-11(14)7-17-19-13;14-10-6-11(9-4-2-1-3-5-9)12-8-15-16-13(12)7-10/h1-4,9-11,13H,5-8H2,(H,21,23)(H,22,26);10-12H,2-9H2,1H3,(H,19,20);5-7H,3-4,8H2,1-2H3,(H,20,22);5-7H,3-4,8H2,1-2H3,(H,17,19);6-9H,1-5H2,(H,15,16). The summed E-state index contributed by atoms with van der Waals surface area (Å²) in [5, 5.41) is 43.3. The molecule has 5 aliphatic heterocycles. The second-order valence-corrected chi connectivity index (χ2v) is 34.2. The number of fused-ring (bicyclic) bond motifs is 8. The second kappa shape index (κ2) is 31.4. The van der Waals surface area contributed by atoms with Gasteiger partial charge in [-0.05, 0) is 155 Å². The van der Waals surface area contributed by atoms with E-state index in [9.17, 15) is 26.4 Å². The van der Waals surface area contributed by atoms with Crippen LogP contribution in [0.3, 0.4) is 0 Å². The Kier molecular flexibility index (Phi) is 21.4. The fourth-order valence-electron chi connectivity index (χ4n) is 17.5. The van der Waals surface area contributed by atoms with Gasteiger partial charge in [-0.3, -0.25) is 30.1 Å². The topological polar surface area (TPSA) is 267 Å². The van der Waals surface area contributed by atoms with Crippen LogP contribution in [0, 0.1) is 19.3 Å². The maximum atomic E-state index is 13.2. The van der Waals surface area contributed by atoms with Crippen LogP contribution in [0.2, 0.25) is 20.1 Å². The number of H-pyrrole nitrogens is 6. The lowest BCUT2D eigenvalue weighted by Gasteiger charge is -2.47. The largest absolute Gasteiger partial charge is 0.416 e. The van der Waals surface area contributed by atoms with E-state index in [4.69, 9.17) is 46.4 Å². The number of imidazole rings is 3. The van der Waals surface area contributed by atoms with Crippen molar-refractivity contribution in [1.82, 2.24) is 83.9 Å². The molecule has 0 amide bonds. The molecule has 3 saturated heterocycles. The van der Waals surface area contributed by atoms with Gasteiger partial charge in [0.25, 0.3) is 0 Å². The second-order valence-electron chi connectivity index (χ2n) is 30.5. The number of hydrogen-bond acceptors (Lipinski definition) is 14. The van der Waals surface area contributed by atoms with Crippen LogP contribution in [0.15, 0.2) is 121 Å². The Labute approximate surface area is 664 Å². The summed E-state index contributed by atoms with van der Waals surface area (Å²) < 4.78 is 70.8. The van der Waals surface area contributed by atoms with E-state index in [1.54, 1.807) is 10.5 Å². The highest BCUT2D eigenvalue weighted by atomic mass is 35.5. The van der Waals surface area contributed by atoms with Gasteiger partial charge in [-0.25, -0.2) is 27.5 Å². The van der Waals surface area contributed by atoms with Gasteiger partial charge in [0.1, 0.15) is 11.6 Å². The molecule has 8 aromatic heterocycles. The Morgan fingerprint density at radius 1 is 0.491 bits per heavy atom. The summed E-state index contributed by atoms with van der Waals surface area (Å²) in [7, 11) is 0.954. The summed E-state index contributed by atoms with van der Waals surface area (Å²) in [6, 6.07) is 26.2. The molecule has 4 fully saturated rings. The smallest absolute Gasteiger partial charge is 0.371 e. The van der Waals surface area contributed by atoms with Crippen LogP contribution in [0.25, 0.3) is 65.5 Å². The van der Waals surface area contributed by atoms with Gasteiger partial charge in [-0.15, -0.1) is 0 Å². The minimum atomic E-state index is -4.39.